The van der Waals surface area contributed by atoms with E-state index in [1.807, 2.05) is 6.07 Å². The van der Waals surface area contributed by atoms with E-state index in [-0.39, 0.29) is 17.3 Å². The van der Waals surface area contributed by atoms with Crippen molar-refractivity contribution in [2.45, 2.75) is 17.7 Å². The molecule has 26 heavy (non-hydrogen) atoms. The summed E-state index contributed by atoms with van der Waals surface area (Å²) >= 11 is 0. The Morgan fingerprint density at radius 2 is 1.81 bits per heavy atom. The van der Waals surface area contributed by atoms with Gasteiger partial charge in [-0.05, 0) is 43.0 Å². The highest BCUT2D eigenvalue weighted by Crippen LogP contribution is 2.29. The SMILES string of the molecule is CN(CC(=O)N1CCN(CC2CC2)CC1)S(=O)(=O)c1ccc(C#N)cc1. The van der Waals surface area contributed by atoms with Crippen LogP contribution >= 0.6 is 0 Å². The number of benzene rings is 1. The Kier molecular flexibility index (Phi) is 5.61. The molecule has 0 N–H and O–H groups in total. The summed E-state index contributed by atoms with van der Waals surface area (Å²) in [5, 5.41) is 8.81. The van der Waals surface area contributed by atoms with Crippen LogP contribution in [0.4, 0.5) is 0 Å². The topological polar surface area (TPSA) is 84.7 Å². The number of nitrogens with zero attached hydrogens (tertiary/aromatic N) is 4. The number of nitriles is 1. The van der Waals surface area contributed by atoms with Crippen LogP contribution in [0.3, 0.4) is 0 Å². The molecule has 3 rings (SSSR count). The average Bonchev–Trinajstić information content (AvgIpc) is 3.46. The molecular weight excluding hydrogens is 352 g/mol. The molecule has 1 saturated carbocycles. The van der Waals surface area contributed by atoms with Crippen molar-refractivity contribution in [3.8, 4) is 6.07 Å². The molecule has 8 heteroatoms. The maximum atomic E-state index is 12.6. The second-order valence-electron chi connectivity index (χ2n) is 7.02. The number of carbonyl (C=O) groups is 1. The molecule has 1 amide bonds. The summed E-state index contributed by atoms with van der Waals surface area (Å²) in [7, 11) is -2.34. The molecule has 0 atom stereocenters. The van der Waals surface area contributed by atoms with Crippen molar-refractivity contribution in [3.05, 3.63) is 29.8 Å². The molecule has 1 aromatic carbocycles. The van der Waals surface area contributed by atoms with E-state index in [4.69, 9.17) is 5.26 Å². The molecule has 1 aliphatic heterocycles. The molecule has 1 saturated heterocycles. The highest BCUT2D eigenvalue weighted by Gasteiger charge is 2.29. The molecule has 0 spiro atoms. The van der Waals surface area contributed by atoms with Crippen LogP contribution in [-0.4, -0.2) is 74.7 Å². The number of rotatable bonds is 6. The maximum Gasteiger partial charge on any atom is 0.243 e. The van der Waals surface area contributed by atoms with Gasteiger partial charge >= 0.3 is 0 Å². The summed E-state index contributed by atoms with van der Waals surface area (Å²) in [4.78, 5) is 16.7. The number of piperazine rings is 1. The zero-order chi connectivity index (χ0) is 18.7. The lowest BCUT2D eigenvalue weighted by atomic mass is 10.2. The van der Waals surface area contributed by atoms with Gasteiger partial charge in [0.15, 0.2) is 0 Å². The van der Waals surface area contributed by atoms with Crippen LogP contribution in [0.25, 0.3) is 0 Å². The molecule has 0 radical (unpaired) electrons. The van der Waals surface area contributed by atoms with Crippen molar-refractivity contribution < 1.29 is 13.2 Å². The predicted molar refractivity (Wildman–Crippen MR) is 96.7 cm³/mol. The van der Waals surface area contributed by atoms with E-state index >= 15 is 0 Å². The minimum absolute atomic E-state index is 0.0843. The minimum atomic E-state index is -3.75. The second-order valence-corrected chi connectivity index (χ2v) is 9.07. The van der Waals surface area contributed by atoms with Gasteiger partial charge < -0.3 is 4.90 Å². The smallest absolute Gasteiger partial charge is 0.243 e. The first-order valence-electron chi connectivity index (χ1n) is 8.87. The highest BCUT2D eigenvalue weighted by atomic mass is 32.2. The molecule has 2 fully saturated rings. The third-order valence-electron chi connectivity index (χ3n) is 4.99. The van der Waals surface area contributed by atoms with Gasteiger partial charge in [0, 0.05) is 39.8 Å². The van der Waals surface area contributed by atoms with Crippen molar-refractivity contribution in [2.24, 2.45) is 5.92 Å². The van der Waals surface area contributed by atoms with Gasteiger partial charge in [-0.2, -0.15) is 9.57 Å². The normalized spacial score (nSPS) is 18.7. The summed E-state index contributed by atoms with van der Waals surface area (Å²) < 4.78 is 26.3. The first-order chi connectivity index (χ1) is 12.4. The van der Waals surface area contributed by atoms with E-state index in [9.17, 15) is 13.2 Å². The zero-order valence-electron chi connectivity index (χ0n) is 15.0. The minimum Gasteiger partial charge on any atom is -0.339 e. The Hall–Kier alpha value is -1.95. The molecule has 0 bridgehead atoms. The molecule has 0 unspecified atom stereocenters. The summed E-state index contributed by atoms with van der Waals surface area (Å²) in [6.45, 7) is 3.95. The first kappa shape index (κ1) is 18.8. The Morgan fingerprint density at radius 1 is 1.19 bits per heavy atom. The van der Waals surface area contributed by atoms with Crippen LogP contribution in [0.2, 0.25) is 0 Å². The fourth-order valence-electron chi connectivity index (χ4n) is 3.10. The van der Waals surface area contributed by atoms with Gasteiger partial charge in [-0.25, -0.2) is 8.42 Å². The fourth-order valence-corrected chi connectivity index (χ4v) is 4.22. The monoisotopic (exact) mass is 376 g/mol. The Labute approximate surface area is 154 Å². The standard InChI is InChI=1S/C18H24N4O3S/c1-20(26(24,25)17-6-4-15(12-19)5-7-17)14-18(23)22-10-8-21(9-11-22)13-16-2-3-16/h4-7,16H,2-3,8-11,13-14H2,1H3. The number of sulfonamides is 1. The molecular formula is C18H24N4O3S. The Morgan fingerprint density at radius 3 is 2.35 bits per heavy atom. The van der Waals surface area contributed by atoms with E-state index in [0.29, 0.717) is 18.7 Å². The van der Waals surface area contributed by atoms with Gasteiger partial charge in [0.25, 0.3) is 0 Å². The lowest BCUT2D eigenvalue weighted by Crippen LogP contribution is -2.51. The predicted octanol–water partition coefficient (Wildman–Crippen LogP) is 0.733. The average molecular weight is 376 g/mol. The van der Waals surface area contributed by atoms with E-state index in [2.05, 4.69) is 4.90 Å². The van der Waals surface area contributed by atoms with E-state index in [1.54, 1.807) is 4.90 Å². The van der Waals surface area contributed by atoms with Crippen LogP contribution in [-0.2, 0) is 14.8 Å². The Bertz CT molecular complexity index is 789. The van der Waals surface area contributed by atoms with Crippen LogP contribution in [0.5, 0.6) is 0 Å². The van der Waals surface area contributed by atoms with Crippen molar-refractivity contribution in [2.75, 3.05) is 46.3 Å². The van der Waals surface area contributed by atoms with E-state index in [0.717, 1.165) is 29.9 Å². The van der Waals surface area contributed by atoms with Gasteiger partial charge in [-0.1, -0.05) is 0 Å². The number of carbonyl (C=O) groups excluding carboxylic acids is 1. The van der Waals surface area contributed by atoms with Gasteiger partial charge in [-0.3, -0.25) is 9.69 Å². The molecule has 0 aromatic heterocycles. The van der Waals surface area contributed by atoms with Crippen LogP contribution in [0.15, 0.2) is 29.2 Å². The third kappa shape index (κ3) is 4.41. The van der Waals surface area contributed by atoms with Crippen LogP contribution in [0, 0.1) is 17.2 Å². The molecule has 140 valence electrons. The molecule has 2 aliphatic rings. The summed E-state index contributed by atoms with van der Waals surface area (Å²) in [6, 6.07) is 7.66. The van der Waals surface area contributed by atoms with Crippen LogP contribution in [0.1, 0.15) is 18.4 Å². The molecule has 7 nitrogen and oxygen atoms in total. The van der Waals surface area contributed by atoms with Crippen molar-refractivity contribution in [1.82, 2.24) is 14.1 Å². The summed E-state index contributed by atoms with van der Waals surface area (Å²) in [5.74, 6) is 0.664. The molecule has 1 aromatic rings. The van der Waals surface area contributed by atoms with Crippen molar-refractivity contribution >= 4 is 15.9 Å². The summed E-state index contributed by atoms with van der Waals surface area (Å²) in [5.41, 5.74) is 0.395. The largest absolute Gasteiger partial charge is 0.339 e. The van der Waals surface area contributed by atoms with Gasteiger partial charge in [0.2, 0.25) is 15.9 Å². The van der Waals surface area contributed by atoms with Crippen molar-refractivity contribution in [3.63, 3.8) is 0 Å². The Balaban J connectivity index is 1.55. The maximum absolute atomic E-state index is 12.6. The fraction of sp³-hybridized carbons (Fsp3) is 0.556. The van der Waals surface area contributed by atoms with Gasteiger partial charge in [-0.15, -0.1) is 0 Å². The van der Waals surface area contributed by atoms with E-state index in [1.165, 1.54) is 44.2 Å². The number of amides is 1. The number of likely N-dealkylation sites (N-methyl/N-ethyl adjacent to an activating group) is 1. The van der Waals surface area contributed by atoms with Crippen molar-refractivity contribution in [1.29, 1.82) is 5.26 Å². The first-order valence-corrected chi connectivity index (χ1v) is 10.3. The third-order valence-corrected chi connectivity index (χ3v) is 6.81. The van der Waals surface area contributed by atoms with Crippen LogP contribution < -0.4 is 0 Å². The van der Waals surface area contributed by atoms with Gasteiger partial charge in [0.1, 0.15) is 0 Å². The lowest BCUT2D eigenvalue weighted by Gasteiger charge is -2.35. The second kappa shape index (κ2) is 7.74. The zero-order valence-corrected chi connectivity index (χ0v) is 15.8. The summed E-state index contributed by atoms with van der Waals surface area (Å²) in [6.07, 6.45) is 2.63. The quantitative estimate of drug-likeness (QED) is 0.731. The van der Waals surface area contributed by atoms with E-state index < -0.39 is 10.0 Å². The van der Waals surface area contributed by atoms with Gasteiger partial charge in [0.05, 0.1) is 23.1 Å². The molecule has 1 heterocycles. The highest BCUT2D eigenvalue weighted by molar-refractivity contribution is 7.89. The lowest BCUT2D eigenvalue weighted by molar-refractivity contribution is -0.133. The number of hydrogen-bond donors (Lipinski definition) is 0. The molecule has 1 aliphatic carbocycles. The number of hydrogen-bond acceptors (Lipinski definition) is 5.